The Labute approximate surface area is 136 Å². The predicted octanol–water partition coefficient (Wildman–Crippen LogP) is 4.83. The molecule has 2 rings (SSSR count). The van der Waals surface area contributed by atoms with Crippen LogP contribution in [0.15, 0.2) is 49.1 Å². The van der Waals surface area contributed by atoms with Gasteiger partial charge < -0.3 is 14.8 Å². The number of nitrogens with one attached hydrogen (secondary N) is 1. The molecule has 0 bridgehead atoms. The summed E-state index contributed by atoms with van der Waals surface area (Å²) < 4.78 is 10.9. The van der Waals surface area contributed by atoms with Crippen molar-refractivity contribution in [2.24, 2.45) is 0 Å². The molecule has 0 amide bonds. The Morgan fingerprint density at radius 2 is 1.95 bits per heavy atom. The third-order valence-electron chi connectivity index (χ3n) is 3.18. The van der Waals surface area contributed by atoms with Gasteiger partial charge in [0, 0.05) is 12.2 Å². The third kappa shape index (κ3) is 4.18. The van der Waals surface area contributed by atoms with E-state index in [1.54, 1.807) is 13.2 Å². The van der Waals surface area contributed by atoms with Gasteiger partial charge in [-0.05, 0) is 36.8 Å². The van der Waals surface area contributed by atoms with Crippen LogP contribution in [0.2, 0.25) is 5.02 Å². The summed E-state index contributed by atoms with van der Waals surface area (Å²) >= 11 is 6.28. The minimum Gasteiger partial charge on any atom is -0.493 e. The van der Waals surface area contributed by atoms with E-state index in [1.807, 2.05) is 12.1 Å². The van der Waals surface area contributed by atoms with E-state index in [0.717, 1.165) is 11.3 Å². The number of ether oxygens (including phenoxy) is 2. The molecule has 0 heterocycles. The van der Waals surface area contributed by atoms with E-state index >= 15 is 0 Å². The van der Waals surface area contributed by atoms with Crippen molar-refractivity contribution < 1.29 is 9.47 Å². The first kappa shape index (κ1) is 16.2. The van der Waals surface area contributed by atoms with E-state index in [0.29, 0.717) is 29.7 Å². The summed E-state index contributed by atoms with van der Waals surface area (Å²) in [5.41, 5.74) is 3.32. The highest BCUT2D eigenvalue weighted by molar-refractivity contribution is 6.32. The van der Waals surface area contributed by atoms with Crippen LogP contribution >= 0.6 is 11.6 Å². The maximum atomic E-state index is 6.28. The Morgan fingerprint density at radius 3 is 2.59 bits per heavy atom. The molecule has 3 nitrogen and oxygen atoms in total. The zero-order valence-electron chi connectivity index (χ0n) is 12.9. The average Bonchev–Trinajstić information content (AvgIpc) is 2.53. The van der Waals surface area contributed by atoms with E-state index in [-0.39, 0.29) is 0 Å². The number of hydrogen-bond acceptors (Lipinski definition) is 3. The maximum Gasteiger partial charge on any atom is 0.180 e. The molecular formula is C18H20ClNO2. The monoisotopic (exact) mass is 317 g/mol. The molecule has 0 unspecified atom stereocenters. The lowest BCUT2D eigenvalue weighted by molar-refractivity contribution is 0.326. The minimum atomic E-state index is 0.386. The van der Waals surface area contributed by atoms with Crippen molar-refractivity contribution in [3.8, 4) is 11.5 Å². The zero-order valence-corrected chi connectivity index (χ0v) is 13.6. The van der Waals surface area contributed by atoms with Crippen molar-refractivity contribution in [1.29, 1.82) is 0 Å². The first-order valence-electron chi connectivity index (χ1n) is 7.04. The molecule has 0 saturated carbocycles. The van der Waals surface area contributed by atoms with Gasteiger partial charge in [-0.15, -0.1) is 0 Å². The second-order valence-electron chi connectivity index (χ2n) is 4.93. The van der Waals surface area contributed by atoms with Crippen LogP contribution in [0.25, 0.3) is 0 Å². The van der Waals surface area contributed by atoms with Crippen molar-refractivity contribution in [2.75, 3.05) is 19.0 Å². The molecule has 2 aromatic carbocycles. The van der Waals surface area contributed by atoms with Crippen LogP contribution in [0.1, 0.15) is 11.1 Å². The highest BCUT2D eigenvalue weighted by Gasteiger charge is 2.11. The molecule has 0 fully saturated rings. The Hall–Kier alpha value is -2.13. The van der Waals surface area contributed by atoms with Crippen LogP contribution in [-0.4, -0.2) is 13.7 Å². The van der Waals surface area contributed by atoms with E-state index in [1.165, 1.54) is 5.56 Å². The highest BCUT2D eigenvalue weighted by atomic mass is 35.5. The number of halogens is 1. The van der Waals surface area contributed by atoms with Crippen molar-refractivity contribution in [3.63, 3.8) is 0 Å². The van der Waals surface area contributed by atoms with Crippen molar-refractivity contribution >= 4 is 17.3 Å². The second-order valence-corrected chi connectivity index (χ2v) is 5.34. The Bertz CT molecular complexity index is 638. The maximum absolute atomic E-state index is 6.28. The van der Waals surface area contributed by atoms with Gasteiger partial charge in [-0.3, -0.25) is 0 Å². The molecule has 22 heavy (non-hydrogen) atoms. The smallest absolute Gasteiger partial charge is 0.180 e. The Morgan fingerprint density at radius 1 is 1.23 bits per heavy atom. The van der Waals surface area contributed by atoms with Gasteiger partial charge in [-0.2, -0.15) is 0 Å². The molecule has 2 aromatic rings. The van der Waals surface area contributed by atoms with Crippen LogP contribution in [-0.2, 0) is 6.54 Å². The zero-order chi connectivity index (χ0) is 15.9. The number of aryl methyl sites for hydroxylation is 1. The average molecular weight is 318 g/mol. The van der Waals surface area contributed by atoms with Crippen molar-refractivity contribution in [1.82, 2.24) is 0 Å². The number of methoxy groups -OCH3 is 1. The second kappa shape index (κ2) is 7.76. The van der Waals surface area contributed by atoms with Gasteiger partial charge in [0.1, 0.15) is 6.61 Å². The van der Waals surface area contributed by atoms with Gasteiger partial charge in [0.25, 0.3) is 0 Å². The lowest BCUT2D eigenvalue weighted by Gasteiger charge is -2.14. The molecule has 4 heteroatoms. The van der Waals surface area contributed by atoms with Crippen LogP contribution in [0.5, 0.6) is 11.5 Å². The van der Waals surface area contributed by atoms with Gasteiger partial charge in [-0.1, -0.05) is 42.0 Å². The molecule has 0 saturated heterocycles. The fourth-order valence-electron chi connectivity index (χ4n) is 2.03. The first-order valence-corrected chi connectivity index (χ1v) is 7.42. The summed E-state index contributed by atoms with van der Waals surface area (Å²) in [5.74, 6) is 1.17. The van der Waals surface area contributed by atoms with Gasteiger partial charge in [0.05, 0.1) is 12.1 Å². The topological polar surface area (TPSA) is 30.5 Å². The van der Waals surface area contributed by atoms with Crippen LogP contribution in [0.3, 0.4) is 0 Å². The number of benzene rings is 2. The summed E-state index contributed by atoms with van der Waals surface area (Å²) in [6.45, 7) is 6.73. The van der Waals surface area contributed by atoms with Gasteiger partial charge >= 0.3 is 0 Å². The third-order valence-corrected chi connectivity index (χ3v) is 3.46. The van der Waals surface area contributed by atoms with E-state index in [9.17, 15) is 0 Å². The molecular weight excluding hydrogens is 298 g/mol. The molecule has 1 N–H and O–H groups in total. The molecule has 0 aromatic heterocycles. The van der Waals surface area contributed by atoms with Gasteiger partial charge in [-0.25, -0.2) is 0 Å². The number of rotatable bonds is 7. The van der Waals surface area contributed by atoms with Gasteiger partial charge in [0.15, 0.2) is 11.5 Å². The fourth-order valence-corrected chi connectivity index (χ4v) is 2.32. The normalized spacial score (nSPS) is 10.1. The molecule has 0 aliphatic rings. The molecule has 0 aliphatic heterocycles. The fraction of sp³-hybridized carbons (Fsp3) is 0.222. The predicted molar refractivity (Wildman–Crippen MR) is 92.2 cm³/mol. The molecule has 0 aliphatic carbocycles. The summed E-state index contributed by atoms with van der Waals surface area (Å²) in [4.78, 5) is 0. The molecule has 0 atom stereocenters. The van der Waals surface area contributed by atoms with Gasteiger partial charge in [0.2, 0.25) is 0 Å². The lowest BCUT2D eigenvalue weighted by atomic mass is 10.2. The van der Waals surface area contributed by atoms with E-state index < -0.39 is 0 Å². The number of anilines is 1. The quantitative estimate of drug-likeness (QED) is 0.742. The molecule has 0 radical (unpaired) electrons. The minimum absolute atomic E-state index is 0.386. The largest absolute Gasteiger partial charge is 0.493 e. The van der Waals surface area contributed by atoms with E-state index in [2.05, 4.69) is 43.1 Å². The van der Waals surface area contributed by atoms with Crippen molar-refractivity contribution in [2.45, 2.75) is 13.5 Å². The van der Waals surface area contributed by atoms with Crippen LogP contribution in [0, 0.1) is 6.92 Å². The number of hydrogen-bond donors (Lipinski definition) is 1. The SMILES string of the molecule is C=CCOc1c(Cl)cc(CNc2ccc(C)cc2)cc1OC. The van der Waals surface area contributed by atoms with E-state index in [4.69, 9.17) is 21.1 Å². The van der Waals surface area contributed by atoms with Crippen LogP contribution in [0.4, 0.5) is 5.69 Å². The van der Waals surface area contributed by atoms with Crippen molar-refractivity contribution in [3.05, 3.63) is 65.2 Å². The summed E-state index contributed by atoms with van der Waals surface area (Å²) in [6, 6.07) is 12.0. The summed E-state index contributed by atoms with van der Waals surface area (Å²) in [5, 5.41) is 3.89. The Balaban J connectivity index is 2.12. The van der Waals surface area contributed by atoms with Crippen LogP contribution < -0.4 is 14.8 Å². The summed E-state index contributed by atoms with van der Waals surface area (Å²) in [7, 11) is 1.60. The first-order chi connectivity index (χ1) is 10.6. The standard InChI is InChI=1S/C18H20ClNO2/c1-4-9-22-18-16(19)10-14(11-17(18)21-3)12-20-15-7-5-13(2)6-8-15/h4-8,10-11,20H,1,9,12H2,2-3H3. The molecule has 116 valence electrons. The lowest BCUT2D eigenvalue weighted by Crippen LogP contribution is -2.02. The highest BCUT2D eigenvalue weighted by Crippen LogP contribution is 2.36. The summed E-state index contributed by atoms with van der Waals surface area (Å²) in [6.07, 6.45) is 1.67. The molecule has 0 spiro atoms. The Kier molecular flexibility index (Phi) is 5.73.